The molecule has 2 amide bonds. The molecule has 0 aliphatic heterocycles. The zero-order valence-corrected chi connectivity index (χ0v) is 15.0. The first-order chi connectivity index (χ1) is 12.4. The molecule has 1 heterocycles. The van der Waals surface area contributed by atoms with Gasteiger partial charge in [0, 0.05) is 11.1 Å². The van der Waals surface area contributed by atoms with Crippen molar-refractivity contribution in [2.45, 2.75) is 19.8 Å². The van der Waals surface area contributed by atoms with E-state index in [1.54, 1.807) is 0 Å². The zero-order valence-electron chi connectivity index (χ0n) is 14.2. The van der Waals surface area contributed by atoms with E-state index < -0.39 is 5.91 Å². The van der Waals surface area contributed by atoms with Gasteiger partial charge in [0.1, 0.15) is 5.00 Å². The fourth-order valence-electron chi connectivity index (χ4n) is 2.68. The minimum Gasteiger partial charge on any atom is -0.364 e. The molecule has 3 aromatic rings. The maximum atomic E-state index is 12.3. The van der Waals surface area contributed by atoms with Gasteiger partial charge >= 0.3 is 0 Å². The van der Waals surface area contributed by atoms with E-state index in [9.17, 15) is 9.59 Å². The quantitative estimate of drug-likeness (QED) is 0.638. The highest BCUT2D eigenvalue weighted by atomic mass is 32.1. The van der Waals surface area contributed by atoms with Crippen molar-refractivity contribution in [2.75, 3.05) is 10.6 Å². The summed E-state index contributed by atoms with van der Waals surface area (Å²) in [5.41, 5.74) is 6.01. The Morgan fingerprint density at radius 1 is 1.15 bits per heavy atom. The van der Waals surface area contributed by atoms with Crippen molar-refractivity contribution in [1.82, 2.24) is 4.98 Å². The van der Waals surface area contributed by atoms with Crippen LogP contribution >= 0.6 is 11.3 Å². The van der Waals surface area contributed by atoms with Crippen molar-refractivity contribution < 1.29 is 9.59 Å². The van der Waals surface area contributed by atoms with Crippen LogP contribution in [0.5, 0.6) is 0 Å². The Kier molecular flexibility index (Phi) is 3.88. The van der Waals surface area contributed by atoms with Gasteiger partial charge < -0.3 is 16.4 Å². The van der Waals surface area contributed by atoms with E-state index in [2.05, 4.69) is 15.6 Å². The van der Waals surface area contributed by atoms with Gasteiger partial charge in [-0.2, -0.15) is 0 Å². The Morgan fingerprint density at radius 3 is 2.58 bits per heavy atom. The maximum Gasteiger partial charge on any atom is 0.270 e. The number of nitrogens with two attached hydrogens (primary N) is 1. The number of primary amides is 1. The molecule has 0 atom stereocenters. The third-order valence-electron chi connectivity index (χ3n) is 4.64. The maximum absolute atomic E-state index is 12.3. The molecular formula is C19H18N4O2S. The normalized spacial score (nSPS) is 14.8. The third kappa shape index (κ3) is 3.13. The molecule has 4 rings (SSSR count). The van der Waals surface area contributed by atoms with E-state index in [1.807, 2.05) is 49.4 Å². The number of benzene rings is 2. The van der Waals surface area contributed by atoms with E-state index in [4.69, 9.17) is 5.73 Å². The number of anilines is 3. The Labute approximate surface area is 154 Å². The molecule has 4 N–H and O–H groups in total. The van der Waals surface area contributed by atoms with E-state index >= 15 is 0 Å². The number of nitrogens with one attached hydrogen (secondary N) is 2. The zero-order chi connectivity index (χ0) is 18.3. The van der Waals surface area contributed by atoms with Crippen molar-refractivity contribution in [3.05, 3.63) is 48.2 Å². The van der Waals surface area contributed by atoms with Gasteiger partial charge in [0.15, 0.2) is 10.8 Å². The minimum atomic E-state index is -0.663. The molecule has 0 saturated heterocycles. The van der Waals surface area contributed by atoms with Crippen molar-refractivity contribution in [3.63, 3.8) is 0 Å². The average Bonchev–Trinajstić information content (AvgIpc) is 3.25. The fourth-order valence-corrected chi connectivity index (χ4v) is 3.57. The van der Waals surface area contributed by atoms with Gasteiger partial charge in [-0.15, -0.1) is 0 Å². The lowest BCUT2D eigenvalue weighted by atomic mass is 10.1. The smallest absolute Gasteiger partial charge is 0.270 e. The highest BCUT2D eigenvalue weighted by Gasteiger charge is 2.45. The molecule has 1 saturated carbocycles. The number of hydrogen-bond donors (Lipinski definition) is 3. The van der Waals surface area contributed by atoms with E-state index in [-0.39, 0.29) is 17.0 Å². The highest BCUT2D eigenvalue weighted by Crippen LogP contribution is 2.46. The van der Waals surface area contributed by atoms with Crippen LogP contribution in [0.15, 0.2) is 42.5 Å². The van der Waals surface area contributed by atoms with Crippen molar-refractivity contribution in [3.8, 4) is 0 Å². The van der Waals surface area contributed by atoms with Gasteiger partial charge in [0.05, 0.1) is 0 Å². The topological polar surface area (TPSA) is 97.1 Å². The number of carbonyl (C=O) groups excluding carboxylic acids is 2. The van der Waals surface area contributed by atoms with E-state index in [0.29, 0.717) is 10.1 Å². The summed E-state index contributed by atoms with van der Waals surface area (Å²) in [7, 11) is 0. The summed E-state index contributed by atoms with van der Waals surface area (Å²) in [5.74, 6) is -0.759. The Morgan fingerprint density at radius 2 is 1.88 bits per heavy atom. The summed E-state index contributed by atoms with van der Waals surface area (Å²) in [4.78, 5) is 28.2. The highest BCUT2D eigenvalue weighted by molar-refractivity contribution is 7.20. The second-order valence-electron chi connectivity index (χ2n) is 6.76. The number of aromatic nitrogens is 1. The number of amides is 2. The van der Waals surface area contributed by atoms with Crippen LogP contribution in [-0.4, -0.2) is 16.8 Å². The van der Waals surface area contributed by atoms with Crippen LogP contribution < -0.4 is 16.4 Å². The largest absolute Gasteiger partial charge is 0.364 e. The first-order valence-electron chi connectivity index (χ1n) is 8.32. The molecule has 2 aromatic carbocycles. The second kappa shape index (κ2) is 6.10. The van der Waals surface area contributed by atoms with Crippen LogP contribution in [0.3, 0.4) is 0 Å². The number of carbonyl (C=O) groups is 2. The summed E-state index contributed by atoms with van der Waals surface area (Å²) in [6.07, 6.45) is 1.71. The molecule has 132 valence electrons. The predicted octanol–water partition coefficient (Wildman–Crippen LogP) is 3.88. The van der Waals surface area contributed by atoms with Crippen molar-refractivity contribution in [1.29, 1.82) is 0 Å². The van der Waals surface area contributed by atoms with Gasteiger partial charge in [-0.3, -0.25) is 9.59 Å². The van der Waals surface area contributed by atoms with Gasteiger partial charge in [-0.05, 0) is 35.7 Å². The number of hydrogen-bond acceptors (Lipinski definition) is 5. The Hall–Kier alpha value is -2.93. The standard InChI is InChI=1S/C19H18N4O2S/c1-19(8-9-19)17(25)23-16-14(15(20)24)22-18(26-16)21-13-7-6-11-4-2-3-5-12(11)10-13/h2-7,10H,8-9H2,1H3,(H2,20,24)(H,21,22)(H,23,25). The molecule has 0 unspecified atom stereocenters. The molecule has 26 heavy (non-hydrogen) atoms. The predicted molar refractivity (Wildman–Crippen MR) is 104 cm³/mol. The molecule has 0 spiro atoms. The first-order valence-corrected chi connectivity index (χ1v) is 9.14. The molecular weight excluding hydrogens is 348 g/mol. The van der Waals surface area contributed by atoms with Crippen LogP contribution in [-0.2, 0) is 4.79 Å². The van der Waals surface area contributed by atoms with Gasteiger partial charge in [0.2, 0.25) is 5.91 Å². The monoisotopic (exact) mass is 366 g/mol. The summed E-state index contributed by atoms with van der Waals surface area (Å²) in [6, 6.07) is 14.0. The van der Waals surface area contributed by atoms with Crippen LogP contribution in [0.1, 0.15) is 30.3 Å². The van der Waals surface area contributed by atoms with Crippen LogP contribution in [0.2, 0.25) is 0 Å². The van der Waals surface area contributed by atoms with Crippen molar-refractivity contribution >= 4 is 49.7 Å². The molecule has 6 nitrogen and oxygen atoms in total. The van der Waals surface area contributed by atoms with Gasteiger partial charge in [-0.25, -0.2) is 4.98 Å². The summed E-state index contributed by atoms with van der Waals surface area (Å²) >= 11 is 1.21. The van der Waals surface area contributed by atoms with Crippen LogP contribution in [0.4, 0.5) is 15.8 Å². The number of nitrogens with zero attached hydrogens (tertiary/aromatic N) is 1. The summed E-state index contributed by atoms with van der Waals surface area (Å²) in [6.45, 7) is 1.90. The van der Waals surface area contributed by atoms with Gasteiger partial charge in [0.25, 0.3) is 5.91 Å². The molecule has 1 aliphatic carbocycles. The van der Waals surface area contributed by atoms with Crippen LogP contribution in [0, 0.1) is 5.41 Å². The molecule has 0 bridgehead atoms. The third-order valence-corrected chi connectivity index (χ3v) is 5.52. The molecule has 1 aliphatic rings. The Bertz CT molecular complexity index is 1020. The number of fused-ring (bicyclic) bond motifs is 1. The lowest BCUT2D eigenvalue weighted by molar-refractivity contribution is -0.120. The van der Waals surface area contributed by atoms with Gasteiger partial charge in [-0.1, -0.05) is 48.6 Å². The summed E-state index contributed by atoms with van der Waals surface area (Å²) in [5, 5.41) is 9.12. The molecule has 1 aromatic heterocycles. The minimum absolute atomic E-state index is 0.0795. The first kappa shape index (κ1) is 16.5. The lowest BCUT2D eigenvalue weighted by Crippen LogP contribution is -2.23. The lowest BCUT2D eigenvalue weighted by Gasteiger charge is -2.08. The van der Waals surface area contributed by atoms with Crippen LogP contribution in [0.25, 0.3) is 10.8 Å². The second-order valence-corrected chi connectivity index (χ2v) is 7.76. The molecule has 7 heteroatoms. The number of rotatable bonds is 5. The average molecular weight is 366 g/mol. The molecule has 1 fully saturated rings. The van der Waals surface area contributed by atoms with E-state index in [0.717, 1.165) is 29.3 Å². The van der Waals surface area contributed by atoms with E-state index in [1.165, 1.54) is 11.3 Å². The Balaban J connectivity index is 1.60. The summed E-state index contributed by atoms with van der Waals surface area (Å²) < 4.78 is 0. The molecule has 0 radical (unpaired) electrons. The number of thiazole rings is 1. The fraction of sp³-hybridized carbons (Fsp3) is 0.211. The van der Waals surface area contributed by atoms with Crippen molar-refractivity contribution in [2.24, 2.45) is 11.1 Å². The SMILES string of the molecule is CC1(C(=O)Nc2sc(Nc3ccc4ccccc4c3)nc2C(N)=O)CC1.